The van der Waals surface area contributed by atoms with Crippen LogP contribution in [-0.2, 0) is 9.59 Å². The van der Waals surface area contributed by atoms with Gasteiger partial charge in [-0.3, -0.25) is 29.7 Å². The number of nitrogens with one attached hydrogen (secondary N) is 1. The number of carbonyl (C=O) groups excluding carboxylic acids is 3. The van der Waals surface area contributed by atoms with Crippen molar-refractivity contribution in [2.75, 3.05) is 6.54 Å². The second-order valence-corrected chi connectivity index (χ2v) is 4.97. The summed E-state index contributed by atoms with van der Waals surface area (Å²) in [5.74, 6) is -1.49. The van der Waals surface area contributed by atoms with Gasteiger partial charge in [0.05, 0.1) is 12.0 Å². The molecule has 0 bridgehead atoms. The van der Waals surface area contributed by atoms with Crippen LogP contribution in [0, 0.1) is 0 Å². The molecule has 1 saturated heterocycles. The van der Waals surface area contributed by atoms with Crippen molar-refractivity contribution in [2.24, 2.45) is 5.73 Å². The second kappa shape index (κ2) is 6.48. The number of hydrogen-bond acceptors (Lipinski definition) is 5. The summed E-state index contributed by atoms with van der Waals surface area (Å²) >= 11 is 5.18. The van der Waals surface area contributed by atoms with E-state index in [1.807, 2.05) is 0 Å². The molecule has 2 rings (SSSR count). The number of carbonyl (C=O) groups is 3. The van der Waals surface area contributed by atoms with Crippen LogP contribution in [0.5, 0.6) is 0 Å². The van der Waals surface area contributed by atoms with Gasteiger partial charge in [-0.05, 0) is 31.3 Å². The number of thiocarbonyl (C=S) groups is 1. The minimum absolute atomic E-state index is 0.135. The lowest BCUT2D eigenvalue weighted by molar-refractivity contribution is -0.131. The number of likely N-dealkylation sites (N-methyl/N-ethyl adjacent to an activating group) is 1. The summed E-state index contributed by atoms with van der Waals surface area (Å²) in [5.41, 5.74) is 8.02. The van der Waals surface area contributed by atoms with Gasteiger partial charge in [0.15, 0.2) is 5.11 Å². The molecule has 1 aliphatic rings. The third-order valence-corrected chi connectivity index (χ3v) is 3.57. The fourth-order valence-corrected chi connectivity index (χ4v) is 2.50. The largest absolute Gasteiger partial charge is 0.370 e. The molecule has 0 unspecified atom stereocenters. The van der Waals surface area contributed by atoms with Gasteiger partial charge in [-0.1, -0.05) is 0 Å². The van der Waals surface area contributed by atoms with Crippen molar-refractivity contribution in [3.8, 4) is 0 Å². The molecule has 9 heteroatoms. The number of hydrogen-bond donors (Lipinski definition) is 2. The van der Waals surface area contributed by atoms with Crippen LogP contribution in [0.15, 0.2) is 24.5 Å². The number of amides is 3. The molecule has 0 radical (unpaired) electrons. The first-order valence-electron chi connectivity index (χ1n) is 6.59. The highest BCUT2D eigenvalue weighted by Crippen LogP contribution is 2.18. The lowest BCUT2D eigenvalue weighted by atomic mass is 10.2. The van der Waals surface area contributed by atoms with E-state index in [2.05, 4.69) is 10.4 Å². The average Bonchev–Trinajstić information content (AvgIpc) is 2.71. The first kappa shape index (κ1) is 15.8. The molecule has 3 amide bonds. The van der Waals surface area contributed by atoms with Gasteiger partial charge in [0.25, 0.3) is 11.8 Å². The van der Waals surface area contributed by atoms with Crippen LogP contribution in [0.25, 0.3) is 0 Å². The Morgan fingerprint density at radius 1 is 1.50 bits per heavy atom. The molecule has 1 aliphatic heterocycles. The van der Waals surface area contributed by atoms with Crippen molar-refractivity contribution in [3.63, 3.8) is 0 Å². The molecule has 1 fully saturated rings. The minimum atomic E-state index is -0.925. The maximum atomic E-state index is 12.2. The summed E-state index contributed by atoms with van der Waals surface area (Å²) in [6, 6.07) is 2.26. The fourth-order valence-electron chi connectivity index (χ4n) is 2.10. The summed E-state index contributed by atoms with van der Waals surface area (Å²) < 4.78 is 0. The first-order valence-corrected chi connectivity index (χ1v) is 7.00. The monoisotopic (exact) mass is 321 g/mol. The standard InChI is InChI=1S/C13H15N5O3S/c1-2-17-12(21)9(6-10(14)19)18(13(17)22)16-11(20)8-4-3-5-15-7-8/h3-5,7,9H,2,6H2,1H3,(H2,14,19)(H,16,20)/t9-/m1/s1. The van der Waals surface area contributed by atoms with E-state index in [1.165, 1.54) is 22.3 Å². The van der Waals surface area contributed by atoms with Gasteiger partial charge in [0.1, 0.15) is 6.04 Å². The number of rotatable bonds is 5. The van der Waals surface area contributed by atoms with Crippen molar-refractivity contribution in [3.05, 3.63) is 30.1 Å². The molecule has 0 aliphatic carbocycles. The number of pyridine rings is 1. The summed E-state index contributed by atoms with van der Waals surface area (Å²) in [6.45, 7) is 2.09. The smallest absolute Gasteiger partial charge is 0.271 e. The maximum absolute atomic E-state index is 12.2. The van der Waals surface area contributed by atoms with Crippen LogP contribution in [0.4, 0.5) is 0 Å². The molecule has 2 heterocycles. The van der Waals surface area contributed by atoms with Crippen molar-refractivity contribution < 1.29 is 14.4 Å². The number of nitrogens with two attached hydrogens (primary N) is 1. The van der Waals surface area contributed by atoms with Crippen molar-refractivity contribution in [2.45, 2.75) is 19.4 Å². The molecule has 8 nitrogen and oxygen atoms in total. The third kappa shape index (κ3) is 3.03. The minimum Gasteiger partial charge on any atom is -0.370 e. The van der Waals surface area contributed by atoms with Crippen LogP contribution < -0.4 is 11.2 Å². The average molecular weight is 321 g/mol. The molecule has 22 heavy (non-hydrogen) atoms. The van der Waals surface area contributed by atoms with E-state index in [0.29, 0.717) is 12.1 Å². The molecular formula is C13H15N5O3S. The zero-order valence-corrected chi connectivity index (χ0v) is 12.7. The summed E-state index contributed by atoms with van der Waals surface area (Å²) in [4.78, 5) is 40.7. The number of aromatic nitrogens is 1. The zero-order valence-electron chi connectivity index (χ0n) is 11.9. The number of nitrogens with zero attached hydrogens (tertiary/aromatic N) is 3. The van der Waals surface area contributed by atoms with Crippen LogP contribution in [-0.4, -0.2) is 50.3 Å². The molecule has 1 aromatic rings. The molecule has 0 aromatic carbocycles. The van der Waals surface area contributed by atoms with Crippen molar-refractivity contribution in [1.29, 1.82) is 0 Å². The van der Waals surface area contributed by atoms with Gasteiger partial charge in [0.2, 0.25) is 5.91 Å². The van der Waals surface area contributed by atoms with E-state index in [-0.39, 0.29) is 17.4 Å². The summed E-state index contributed by atoms with van der Waals surface area (Å²) in [5, 5.41) is 1.34. The molecule has 1 aromatic heterocycles. The maximum Gasteiger partial charge on any atom is 0.271 e. The van der Waals surface area contributed by atoms with E-state index in [9.17, 15) is 14.4 Å². The molecule has 3 N–H and O–H groups in total. The number of hydrazine groups is 1. The highest BCUT2D eigenvalue weighted by molar-refractivity contribution is 7.80. The topological polar surface area (TPSA) is 109 Å². The Morgan fingerprint density at radius 2 is 2.23 bits per heavy atom. The normalized spacial score (nSPS) is 17.8. The molecular weight excluding hydrogens is 306 g/mol. The van der Waals surface area contributed by atoms with E-state index < -0.39 is 17.9 Å². The number of primary amides is 1. The Morgan fingerprint density at radius 3 is 2.77 bits per heavy atom. The Bertz CT molecular complexity index is 621. The Kier molecular flexibility index (Phi) is 4.66. The Hall–Kier alpha value is -2.55. The van der Waals surface area contributed by atoms with Crippen LogP contribution in [0.1, 0.15) is 23.7 Å². The van der Waals surface area contributed by atoms with Crippen LogP contribution >= 0.6 is 12.2 Å². The van der Waals surface area contributed by atoms with Gasteiger partial charge in [-0.15, -0.1) is 0 Å². The van der Waals surface area contributed by atoms with Crippen molar-refractivity contribution in [1.82, 2.24) is 20.3 Å². The van der Waals surface area contributed by atoms with Gasteiger partial charge >= 0.3 is 0 Å². The Labute approximate surface area is 132 Å². The van der Waals surface area contributed by atoms with Gasteiger partial charge < -0.3 is 5.73 Å². The predicted molar refractivity (Wildman–Crippen MR) is 81.1 cm³/mol. The van der Waals surface area contributed by atoms with Crippen molar-refractivity contribution >= 4 is 35.1 Å². The van der Waals surface area contributed by atoms with Crippen LogP contribution in [0.3, 0.4) is 0 Å². The van der Waals surface area contributed by atoms with Gasteiger partial charge in [-0.2, -0.15) is 0 Å². The molecule has 1 atom stereocenters. The fraction of sp³-hybridized carbons (Fsp3) is 0.308. The lowest BCUT2D eigenvalue weighted by Crippen LogP contribution is -2.49. The molecule has 0 saturated carbocycles. The highest BCUT2D eigenvalue weighted by Gasteiger charge is 2.43. The quantitative estimate of drug-likeness (QED) is 0.702. The van der Waals surface area contributed by atoms with E-state index >= 15 is 0 Å². The Balaban J connectivity index is 2.22. The molecule has 0 spiro atoms. The highest BCUT2D eigenvalue weighted by atomic mass is 32.1. The van der Waals surface area contributed by atoms with E-state index in [1.54, 1.807) is 19.1 Å². The van der Waals surface area contributed by atoms with E-state index in [0.717, 1.165) is 0 Å². The third-order valence-electron chi connectivity index (χ3n) is 3.16. The van der Waals surface area contributed by atoms with Gasteiger partial charge in [0, 0.05) is 18.9 Å². The van der Waals surface area contributed by atoms with Crippen LogP contribution in [0.2, 0.25) is 0 Å². The first-order chi connectivity index (χ1) is 10.5. The lowest BCUT2D eigenvalue weighted by Gasteiger charge is -2.23. The molecule has 116 valence electrons. The summed E-state index contributed by atoms with van der Waals surface area (Å²) in [7, 11) is 0. The summed E-state index contributed by atoms with van der Waals surface area (Å²) in [6.07, 6.45) is 2.69. The predicted octanol–water partition coefficient (Wildman–Crippen LogP) is -0.581. The zero-order chi connectivity index (χ0) is 16.3. The second-order valence-electron chi connectivity index (χ2n) is 4.60. The van der Waals surface area contributed by atoms with Gasteiger partial charge in [-0.25, -0.2) is 5.01 Å². The van der Waals surface area contributed by atoms with E-state index in [4.69, 9.17) is 18.0 Å². The SMILES string of the molecule is CCN1C(=O)[C@@H](CC(N)=O)N(NC(=O)c2cccnc2)C1=S.